The first-order chi connectivity index (χ1) is 8.25. The summed E-state index contributed by atoms with van der Waals surface area (Å²) in [5.74, 6) is -0.344. The van der Waals surface area contributed by atoms with Crippen molar-refractivity contribution < 1.29 is 14.7 Å². The van der Waals surface area contributed by atoms with Crippen molar-refractivity contribution in [3.63, 3.8) is 0 Å². The molecule has 1 heterocycles. The summed E-state index contributed by atoms with van der Waals surface area (Å²) in [5, 5.41) is 11.4. The highest BCUT2D eigenvalue weighted by Gasteiger charge is 2.43. The second-order valence-corrected chi connectivity index (χ2v) is 4.67. The van der Waals surface area contributed by atoms with Crippen LogP contribution in [0.1, 0.15) is 30.9 Å². The van der Waals surface area contributed by atoms with Crippen molar-refractivity contribution in [3.8, 4) is 0 Å². The molecular weight excluding hydrogens is 218 g/mol. The normalized spacial score (nSPS) is 28.4. The molecule has 3 rings (SSSR count). The van der Waals surface area contributed by atoms with E-state index in [1.54, 1.807) is 12.1 Å². The van der Waals surface area contributed by atoms with Gasteiger partial charge in [-0.3, -0.25) is 9.63 Å². The summed E-state index contributed by atoms with van der Waals surface area (Å²) in [6.07, 6.45) is 1.98. The third kappa shape index (κ3) is 1.83. The number of rotatable bonds is 2. The van der Waals surface area contributed by atoms with Crippen LogP contribution >= 0.6 is 0 Å². The number of fused-ring (bicyclic) bond motifs is 2. The van der Waals surface area contributed by atoms with Crippen LogP contribution in [0, 0.1) is 0 Å². The SMILES string of the molecule is O=C([C@H](O)c1ccccc1)N1O[C@@H]2CC[C@H]1C2. The Morgan fingerprint density at radius 2 is 2.12 bits per heavy atom. The lowest BCUT2D eigenvalue weighted by Crippen LogP contribution is -2.39. The van der Waals surface area contributed by atoms with E-state index >= 15 is 0 Å². The summed E-state index contributed by atoms with van der Waals surface area (Å²) in [5.41, 5.74) is 0.615. The topological polar surface area (TPSA) is 49.8 Å². The van der Waals surface area contributed by atoms with Crippen LogP contribution in [0.4, 0.5) is 0 Å². The molecule has 1 aromatic carbocycles. The summed E-state index contributed by atoms with van der Waals surface area (Å²) >= 11 is 0. The predicted octanol–water partition coefficient (Wildman–Crippen LogP) is 1.41. The largest absolute Gasteiger partial charge is 0.378 e. The van der Waals surface area contributed by atoms with Crippen LogP contribution in [0.15, 0.2) is 30.3 Å². The molecule has 1 amide bonds. The van der Waals surface area contributed by atoms with Crippen molar-refractivity contribution in [2.75, 3.05) is 0 Å². The minimum Gasteiger partial charge on any atom is -0.378 e. The third-order valence-electron chi connectivity index (χ3n) is 3.52. The number of nitrogens with zero attached hydrogens (tertiary/aromatic N) is 1. The fourth-order valence-corrected chi connectivity index (χ4v) is 2.60. The molecule has 90 valence electrons. The summed E-state index contributed by atoms with van der Waals surface area (Å²) in [4.78, 5) is 17.6. The first-order valence-corrected chi connectivity index (χ1v) is 5.98. The number of carbonyl (C=O) groups is 1. The molecule has 1 aliphatic carbocycles. The maximum absolute atomic E-state index is 12.1. The molecule has 0 unspecified atom stereocenters. The van der Waals surface area contributed by atoms with E-state index in [4.69, 9.17) is 4.84 Å². The standard InChI is InChI=1S/C13H15NO3/c15-12(9-4-2-1-3-5-9)13(16)14-10-6-7-11(8-10)17-14/h1-5,10-12,15H,6-8H2/t10-,11+,12+/m0/s1. The number of benzene rings is 1. The lowest BCUT2D eigenvalue weighted by molar-refractivity contribution is -0.207. The molecule has 2 fully saturated rings. The van der Waals surface area contributed by atoms with Crippen LogP contribution in [-0.2, 0) is 9.63 Å². The molecule has 0 aromatic heterocycles. The summed E-state index contributed by atoms with van der Waals surface area (Å²) < 4.78 is 0. The molecule has 0 spiro atoms. The highest BCUT2D eigenvalue weighted by atomic mass is 16.7. The fourth-order valence-electron chi connectivity index (χ4n) is 2.60. The molecule has 1 aliphatic heterocycles. The molecule has 2 aliphatic rings. The molecule has 2 bridgehead atoms. The van der Waals surface area contributed by atoms with E-state index in [1.165, 1.54) is 5.06 Å². The van der Waals surface area contributed by atoms with E-state index in [-0.39, 0.29) is 18.1 Å². The first-order valence-electron chi connectivity index (χ1n) is 5.98. The number of aliphatic hydroxyl groups excluding tert-OH is 1. The van der Waals surface area contributed by atoms with Gasteiger partial charge in [0.1, 0.15) is 0 Å². The van der Waals surface area contributed by atoms with Gasteiger partial charge in [-0.25, -0.2) is 5.06 Å². The quantitative estimate of drug-likeness (QED) is 0.840. The molecule has 4 nitrogen and oxygen atoms in total. The van der Waals surface area contributed by atoms with Gasteiger partial charge in [0.05, 0.1) is 12.1 Å². The fraction of sp³-hybridized carbons (Fsp3) is 0.462. The lowest BCUT2D eigenvalue weighted by atomic mass is 10.1. The van der Waals surface area contributed by atoms with Crippen LogP contribution in [0.25, 0.3) is 0 Å². The number of hydrogen-bond donors (Lipinski definition) is 1. The number of amides is 1. The van der Waals surface area contributed by atoms with Crippen molar-refractivity contribution in [1.29, 1.82) is 0 Å². The Labute approximate surface area is 99.8 Å². The van der Waals surface area contributed by atoms with Gasteiger partial charge in [0.15, 0.2) is 6.10 Å². The number of carbonyl (C=O) groups excluding carboxylic acids is 1. The van der Waals surface area contributed by atoms with E-state index in [9.17, 15) is 9.90 Å². The molecule has 1 N–H and O–H groups in total. The number of aliphatic hydroxyl groups is 1. The second-order valence-electron chi connectivity index (χ2n) is 4.67. The number of hydroxylamine groups is 2. The average molecular weight is 233 g/mol. The van der Waals surface area contributed by atoms with Crippen LogP contribution in [-0.4, -0.2) is 28.2 Å². The van der Waals surface area contributed by atoms with Gasteiger partial charge in [0.2, 0.25) is 0 Å². The first kappa shape index (κ1) is 10.7. The highest BCUT2D eigenvalue weighted by molar-refractivity contribution is 5.81. The maximum atomic E-state index is 12.1. The van der Waals surface area contributed by atoms with E-state index in [1.807, 2.05) is 18.2 Å². The zero-order chi connectivity index (χ0) is 11.8. The number of hydrogen-bond acceptors (Lipinski definition) is 3. The van der Waals surface area contributed by atoms with Crippen molar-refractivity contribution in [1.82, 2.24) is 5.06 Å². The molecule has 1 aromatic rings. The molecule has 3 atom stereocenters. The third-order valence-corrected chi connectivity index (χ3v) is 3.52. The van der Waals surface area contributed by atoms with Gasteiger partial charge < -0.3 is 5.11 Å². The zero-order valence-corrected chi connectivity index (χ0v) is 9.45. The Kier molecular flexibility index (Phi) is 2.61. The highest BCUT2D eigenvalue weighted by Crippen LogP contribution is 2.36. The lowest BCUT2D eigenvalue weighted by Gasteiger charge is -2.27. The molecule has 1 saturated heterocycles. The van der Waals surface area contributed by atoms with Crippen molar-refractivity contribution >= 4 is 5.91 Å². The van der Waals surface area contributed by atoms with Gasteiger partial charge in [-0.2, -0.15) is 0 Å². The Morgan fingerprint density at radius 1 is 1.35 bits per heavy atom. The Morgan fingerprint density at radius 3 is 2.71 bits per heavy atom. The molecule has 0 radical (unpaired) electrons. The van der Waals surface area contributed by atoms with E-state index in [0.29, 0.717) is 5.56 Å². The smallest absolute Gasteiger partial charge is 0.279 e. The van der Waals surface area contributed by atoms with E-state index in [0.717, 1.165) is 19.3 Å². The minimum absolute atomic E-state index is 0.158. The Bertz CT molecular complexity index is 420. The molecule has 4 heteroatoms. The van der Waals surface area contributed by atoms with E-state index < -0.39 is 6.10 Å². The molecule has 17 heavy (non-hydrogen) atoms. The van der Waals surface area contributed by atoms with Crippen LogP contribution in [0.2, 0.25) is 0 Å². The monoisotopic (exact) mass is 233 g/mol. The van der Waals surface area contributed by atoms with E-state index in [2.05, 4.69) is 0 Å². The minimum atomic E-state index is -1.12. The summed E-state index contributed by atoms with van der Waals surface area (Å²) in [6, 6.07) is 9.12. The van der Waals surface area contributed by atoms with Gasteiger partial charge in [-0.15, -0.1) is 0 Å². The molecular formula is C13H15NO3. The second kappa shape index (κ2) is 4.13. The summed E-state index contributed by atoms with van der Waals surface area (Å²) in [7, 11) is 0. The van der Waals surface area contributed by atoms with Crippen LogP contribution in [0.3, 0.4) is 0 Å². The van der Waals surface area contributed by atoms with Crippen LogP contribution < -0.4 is 0 Å². The van der Waals surface area contributed by atoms with Gasteiger partial charge in [-0.1, -0.05) is 30.3 Å². The van der Waals surface area contributed by atoms with Crippen molar-refractivity contribution in [3.05, 3.63) is 35.9 Å². The van der Waals surface area contributed by atoms with Crippen molar-refractivity contribution in [2.45, 2.75) is 37.5 Å². The van der Waals surface area contributed by atoms with Crippen molar-refractivity contribution in [2.24, 2.45) is 0 Å². The van der Waals surface area contributed by atoms with Gasteiger partial charge in [0.25, 0.3) is 5.91 Å². The van der Waals surface area contributed by atoms with Gasteiger partial charge >= 0.3 is 0 Å². The Hall–Kier alpha value is -1.39. The molecule has 1 saturated carbocycles. The predicted molar refractivity (Wildman–Crippen MR) is 60.8 cm³/mol. The van der Waals surface area contributed by atoms with Gasteiger partial charge in [0, 0.05) is 0 Å². The van der Waals surface area contributed by atoms with Crippen LogP contribution in [0.5, 0.6) is 0 Å². The summed E-state index contributed by atoms with van der Waals surface area (Å²) in [6.45, 7) is 0. The van der Waals surface area contributed by atoms with Gasteiger partial charge in [-0.05, 0) is 24.8 Å². The maximum Gasteiger partial charge on any atom is 0.279 e. The average Bonchev–Trinajstić information content (AvgIpc) is 3.00. The zero-order valence-electron chi connectivity index (χ0n) is 9.45. The Balaban J connectivity index is 1.74.